The highest BCUT2D eigenvalue weighted by Gasteiger charge is 2.04. The number of anilines is 1. The number of nitrogens with zero attached hydrogens (tertiary/aromatic N) is 2. The number of alkyl halides is 2. The molecule has 1 aromatic heterocycles. The summed E-state index contributed by atoms with van der Waals surface area (Å²) in [6.07, 6.45) is 2.75. The smallest absolute Gasteiger partial charge is 0.356 e. The summed E-state index contributed by atoms with van der Waals surface area (Å²) in [5.41, 5.74) is -0.156. The first-order valence-electron chi connectivity index (χ1n) is 4.78. The third-order valence-electron chi connectivity index (χ3n) is 1.74. The van der Waals surface area contributed by atoms with Crippen LogP contribution in [-0.4, -0.2) is 40.8 Å². The van der Waals surface area contributed by atoms with Crippen LogP contribution in [0, 0.1) is 0 Å². The summed E-state index contributed by atoms with van der Waals surface area (Å²) in [5, 5.41) is 11.4. The number of aromatic carboxylic acids is 1. The SMILES string of the molecule is O=C(O)c1cnc(NCCCOC(F)F)cn1. The van der Waals surface area contributed by atoms with Crippen molar-refractivity contribution >= 4 is 11.8 Å². The Bertz CT molecular complexity index is 359. The Balaban J connectivity index is 2.25. The normalized spacial score (nSPS) is 10.5. The van der Waals surface area contributed by atoms with Crippen LogP contribution < -0.4 is 5.32 Å². The Kier molecular flexibility index (Phi) is 5.21. The van der Waals surface area contributed by atoms with Gasteiger partial charge in [0, 0.05) is 6.54 Å². The summed E-state index contributed by atoms with van der Waals surface area (Å²) in [7, 11) is 0. The standard InChI is InChI=1S/C9H11F2N3O3/c10-9(11)17-3-1-2-12-7-5-13-6(4-14-7)8(15)16/h4-5,9H,1-3H2,(H,12,14)(H,15,16). The van der Waals surface area contributed by atoms with Crippen molar-refractivity contribution in [1.29, 1.82) is 0 Å². The van der Waals surface area contributed by atoms with E-state index in [1.165, 1.54) is 6.20 Å². The van der Waals surface area contributed by atoms with Gasteiger partial charge in [0.25, 0.3) is 0 Å². The number of rotatable bonds is 7. The molecule has 0 radical (unpaired) electrons. The average Bonchev–Trinajstić information content (AvgIpc) is 2.29. The highest BCUT2D eigenvalue weighted by Crippen LogP contribution is 2.01. The molecular weight excluding hydrogens is 236 g/mol. The summed E-state index contributed by atoms with van der Waals surface area (Å²) in [5.74, 6) is -0.776. The van der Waals surface area contributed by atoms with Crippen molar-refractivity contribution in [3.05, 3.63) is 18.1 Å². The number of carboxylic acids is 1. The number of ether oxygens (including phenoxy) is 1. The quantitative estimate of drug-likeness (QED) is 0.704. The van der Waals surface area contributed by atoms with Gasteiger partial charge in [0.2, 0.25) is 0 Å². The highest BCUT2D eigenvalue weighted by atomic mass is 19.3. The Labute approximate surface area is 95.6 Å². The van der Waals surface area contributed by atoms with Crippen molar-refractivity contribution in [1.82, 2.24) is 9.97 Å². The molecule has 0 saturated heterocycles. The molecule has 94 valence electrons. The van der Waals surface area contributed by atoms with E-state index in [0.29, 0.717) is 18.8 Å². The molecule has 0 aromatic carbocycles. The monoisotopic (exact) mass is 247 g/mol. The van der Waals surface area contributed by atoms with E-state index in [9.17, 15) is 13.6 Å². The second-order valence-electron chi connectivity index (χ2n) is 3.00. The summed E-state index contributed by atoms with van der Waals surface area (Å²) in [4.78, 5) is 17.9. The van der Waals surface area contributed by atoms with Gasteiger partial charge in [-0.25, -0.2) is 14.8 Å². The van der Waals surface area contributed by atoms with Crippen molar-refractivity contribution in [2.45, 2.75) is 13.0 Å². The molecule has 8 heteroatoms. The lowest BCUT2D eigenvalue weighted by molar-refractivity contribution is -0.128. The average molecular weight is 247 g/mol. The molecule has 0 fully saturated rings. The van der Waals surface area contributed by atoms with Crippen LogP contribution in [0.15, 0.2) is 12.4 Å². The number of hydrogen-bond donors (Lipinski definition) is 2. The topological polar surface area (TPSA) is 84.3 Å². The predicted octanol–water partition coefficient (Wildman–Crippen LogP) is 1.22. The second-order valence-corrected chi connectivity index (χ2v) is 3.00. The molecule has 1 heterocycles. The van der Waals surface area contributed by atoms with Gasteiger partial charge in [0.05, 0.1) is 19.0 Å². The summed E-state index contributed by atoms with van der Waals surface area (Å²) >= 11 is 0. The van der Waals surface area contributed by atoms with Gasteiger partial charge in [-0.05, 0) is 6.42 Å². The zero-order chi connectivity index (χ0) is 12.7. The molecule has 1 rings (SSSR count). The second kappa shape index (κ2) is 6.69. The van der Waals surface area contributed by atoms with Gasteiger partial charge >= 0.3 is 12.6 Å². The van der Waals surface area contributed by atoms with Gasteiger partial charge in [-0.15, -0.1) is 0 Å². The lowest BCUT2D eigenvalue weighted by atomic mass is 10.4. The van der Waals surface area contributed by atoms with E-state index in [1.54, 1.807) is 0 Å². The van der Waals surface area contributed by atoms with Crippen LogP contribution in [0.2, 0.25) is 0 Å². The van der Waals surface area contributed by atoms with Gasteiger partial charge in [-0.3, -0.25) is 0 Å². The summed E-state index contributed by atoms with van der Waals surface area (Å²) in [6, 6.07) is 0. The van der Waals surface area contributed by atoms with Crippen LogP contribution >= 0.6 is 0 Å². The van der Waals surface area contributed by atoms with Gasteiger partial charge in [0.15, 0.2) is 5.69 Å². The van der Waals surface area contributed by atoms with Crippen molar-refractivity contribution in [2.24, 2.45) is 0 Å². The van der Waals surface area contributed by atoms with E-state index in [2.05, 4.69) is 20.0 Å². The highest BCUT2D eigenvalue weighted by molar-refractivity contribution is 5.84. The molecule has 0 aliphatic rings. The molecule has 1 aromatic rings. The minimum Gasteiger partial charge on any atom is -0.476 e. The minimum atomic E-state index is -2.76. The Hall–Kier alpha value is -1.83. The number of carbonyl (C=O) groups is 1. The lowest BCUT2D eigenvalue weighted by Gasteiger charge is -2.05. The number of carboxylic acid groups (broad SMARTS) is 1. The van der Waals surface area contributed by atoms with E-state index >= 15 is 0 Å². The minimum absolute atomic E-state index is 0.0642. The molecule has 0 spiro atoms. The van der Waals surface area contributed by atoms with E-state index in [0.717, 1.165) is 6.20 Å². The Morgan fingerprint density at radius 1 is 1.47 bits per heavy atom. The molecule has 6 nitrogen and oxygen atoms in total. The van der Waals surface area contributed by atoms with Gasteiger partial charge in [-0.2, -0.15) is 8.78 Å². The van der Waals surface area contributed by atoms with Crippen LogP contribution in [0.5, 0.6) is 0 Å². The first-order valence-corrected chi connectivity index (χ1v) is 4.78. The predicted molar refractivity (Wildman–Crippen MR) is 54.1 cm³/mol. The van der Waals surface area contributed by atoms with Crippen molar-refractivity contribution in [3.63, 3.8) is 0 Å². The number of halogens is 2. The Morgan fingerprint density at radius 2 is 2.24 bits per heavy atom. The Morgan fingerprint density at radius 3 is 2.76 bits per heavy atom. The van der Waals surface area contributed by atoms with Crippen molar-refractivity contribution in [2.75, 3.05) is 18.5 Å². The number of hydrogen-bond acceptors (Lipinski definition) is 5. The molecule has 0 aliphatic carbocycles. The van der Waals surface area contributed by atoms with Crippen LogP contribution in [0.3, 0.4) is 0 Å². The molecule has 0 aliphatic heterocycles. The van der Waals surface area contributed by atoms with Gasteiger partial charge in [0.1, 0.15) is 5.82 Å². The van der Waals surface area contributed by atoms with Gasteiger partial charge in [-0.1, -0.05) is 0 Å². The van der Waals surface area contributed by atoms with Gasteiger partial charge < -0.3 is 15.2 Å². The van der Waals surface area contributed by atoms with E-state index in [-0.39, 0.29) is 12.3 Å². The number of aromatic nitrogens is 2. The maximum absolute atomic E-state index is 11.6. The first kappa shape index (κ1) is 13.2. The summed E-state index contributed by atoms with van der Waals surface area (Å²) < 4.78 is 27.2. The fourth-order valence-corrected chi connectivity index (χ4v) is 0.991. The molecule has 2 N–H and O–H groups in total. The first-order chi connectivity index (χ1) is 8.09. The number of nitrogens with one attached hydrogen (secondary N) is 1. The molecular formula is C9H11F2N3O3. The third-order valence-corrected chi connectivity index (χ3v) is 1.74. The molecule has 0 atom stereocenters. The van der Waals surface area contributed by atoms with E-state index in [1.807, 2.05) is 0 Å². The van der Waals surface area contributed by atoms with E-state index < -0.39 is 12.6 Å². The van der Waals surface area contributed by atoms with Crippen LogP contribution in [-0.2, 0) is 4.74 Å². The van der Waals surface area contributed by atoms with Crippen LogP contribution in [0.4, 0.5) is 14.6 Å². The fourth-order valence-electron chi connectivity index (χ4n) is 0.991. The third kappa shape index (κ3) is 5.16. The lowest BCUT2D eigenvalue weighted by Crippen LogP contribution is -2.10. The maximum atomic E-state index is 11.6. The fraction of sp³-hybridized carbons (Fsp3) is 0.444. The maximum Gasteiger partial charge on any atom is 0.356 e. The molecule has 0 bridgehead atoms. The van der Waals surface area contributed by atoms with Crippen molar-refractivity contribution < 1.29 is 23.4 Å². The van der Waals surface area contributed by atoms with Crippen molar-refractivity contribution in [3.8, 4) is 0 Å². The van der Waals surface area contributed by atoms with E-state index in [4.69, 9.17) is 5.11 Å². The molecule has 0 saturated carbocycles. The molecule has 17 heavy (non-hydrogen) atoms. The molecule has 0 unspecified atom stereocenters. The molecule has 0 amide bonds. The van der Waals surface area contributed by atoms with Crippen LogP contribution in [0.25, 0.3) is 0 Å². The van der Waals surface area contributed by atoms with Crippen LogP contribution in [0.1, 0.15) is 16.9 Å². The zero-order valence-corrected chi connectivity index (χ0v) is 8.77. The zero-order valence-electron chi connectivity index (χ0n) is 8.77. The summed E-state index contributed by atoms with van der Waals surface area (Å²) in [6.45, 7) is -2.44. The largest absolute Gasteiger partial charge is 0.476 e.